The van der Waals surface area contributed by atoms with Gasteiger partial charge in [-0.1, -0.05) is 55.3 Å². The quantitative estimate of drug-likeness (QED) is 0.356. The van der Waals surface area contributed by atoms with Crippen LogP contribution in [0.2, 0.25) is 5.02 Å². The Morgan fingerprint density at radius 3 is 2.40 bits per heavy atom. The van der Waals surface area contributed by atoms with E-state index >= 15 is 0 Å². The van der Waals surface area contributed by atoms with Crippen LogP contribution in [0, 0.1) is 5.92 Å². The molecule has 0 radical (unpaired) electrons. The lowest BCUT2D eigenvalue weighted by atomic mass is 9.79. The topological polar surface area (TPSA) is 111 Å². The largest absolute Gasteiger partial charge is 0.390 e. The summed E-state index contributed by atoms with van der Waals surface area (Å²) in [7, 11) is 1.60. The molecule has 9 nitrogen and oxygen atoms in total. The van der Waals surface area contributed by atoms with Crippen molar-refractivity contribution >= 4 is 41.7 Å². The van der Waals surface area contributed by atoms with Crippen molar-refractivity contribution in [1.29, 1.82) is 0 Å². The zero-order valence-corrected chi connectivity index (χ0v) is 27.8. The number of nitrogens with one attached hydrogen (secondary N) is 2. The summed E-state index contributed by atoms with van der Waals surface area (Å²) in [4.78, 5) is 43.6. The summed E-state index contributed by atoms with van der Waals surface area (Å²) < 4.78 is 5.44. The van der Waals surface area contributed by atoms with Gasteiger partial charge in [-0.05, 0) is 73.3 Å². The summed E-state index contributed by atoms with van der Waals surface area (Å²) in [5.74, 6) is -0.496. The molecule has 0 bridgehead atoms. The zero-order valence-electron chi connectivity index (χ0n) is 26.2. The first-order chi connectivity index (χ1) is 21.3. The molecule has 45 heavy (non-hydrogen) atoms. The third kappa shape index (κ3) is 7.83. The highest BCUT2D eigenvalue weighted by atomic mass is 35.5. The molecule has 11 heteroatoms. The van der Waals surface area contributed by atoms with E-state index < -0.39 is 17.7 Å². The van der Waals surface area contributed by atoms with E-state index in [1.165, 1.54) is 5.56 Å². The maximum absolute atomic E-state index is 13.8. The fourth-order valence-corrected chi connectivity index (χ4v) is 7.08. The molecule has 3 amide bonds. The van der Waals surface area contributed by atoms with Gasteiger partial charge in [-0.2, -0.15) is 0 Å². The number of carbonyl (C=O) groups excluding carboxylic acids is 3. The van der Waals surface area contributed by atoms with Gasteiger partial charge in [0.1, 0.15) is 11.6 Å². The van der Waals surface area contributed by atoms with Crippen LogP contribution in [0.1, 0.15) is 72.5 Å². The van der Waals surface area contributed by atoms with Gasteiger partial charge in [0, 0.05) is 57.0 Å². The van der Waals surface area contributed by atoms with Crippen molar-refractivity contribution in [2.45, 2.75) is 76.1 Å². The summed E-state index contributed by atoms with van der Waals surface area (Å²) in [5, 5.41) is 17.3. The number of hydrogen-bond donors (Lipinski definition) is 3. The number of piperidine rings is 1. The minimum atomic E-state index is -0.905. The average molecular weight is 662 g/mol. The molecule has 0 saturated carbocycles. The molecule has 2 aromatic carbocycles. The number of benzene rings is 2. The van der Waals surface area contributed by atoms with E-state index in [2.05, 4.69) is 46.7 Å². The van der Waals surface area contributed by atoms with E-state index in [1.807, 2.05) is 6.07 Å². The lowest BCUT2D eigenvalue weighted by molar-refractivity contribution is -0.166. The number of hydrogen-bond acceptors (Lipinski definition) is 6. The van der Waals surface area contributed by atoms with E-state index in [0.29, 0.717) is 75.5 Å². The number of rotatable bonds is 10. The molecule has 5 rings (SSSR count). The lowest BCUT2D eigenvalue weighted by Gasteiger charge is -2.52. The molecular formula is C34H46Cl2N4O5. The third-order valence-corrected chi connectivity index (χ3v) is 9.98. The van der Waals surface area contributed by atoms with E-state index in [-0.39, 0.29) is 36.0 Å². The highest BCUT2D eigenvalue weighted by molar-refractivity contribution is 6.31. The van der Waals surface area contributed by atoms with Crippen LogP contribution < -0.4 is 10.6 Å². The maximum Gasteiger partial charge on any atom is 0.251 e. The number of nitrogens with zero attached hydrogens (tertiary/aromatic N) is 2. The van der Waals surface area contributed by atoms with Gasteiger partial charge in [0.05, 0.1) is 6.10 Å². The molecular weight excluding hydrogens is 615 g/mol. The summed E-state index contributed by atoms with van der Waals surface area (Å²) >= 11 is 6.46. The van der Waals surface area contributed by atoms with Crippen LogP contribution in [0.4, 0.5) is 0 Å². The van der Waals surface area contributed by atoms with Gasteiger partial charge in [0.2, 0.25) is 11.8 Å². The summed E-state index contributed by atoms with van der Waals surface area (Å²) in [6.45, 7) is 5.91. The van der Waals surface area contributed by atoms with Crippen LogP contribution in [0.5, 0.6) is 0 Å². The molecule has 3 N–H and O–H groups in total. The Bertz CT molecular complexity index is 1330. The van der Waals surface area contributed by atoms with Crippen LogP contribution in [0.25, 0.3) is 0 Å². The molecule has 2 atom stereocenters. The predicted molar refractivity (Wildman–Crippen MR) is 177 cm³/mol. The molecule has 0 aliphatic carbocycles. The van der Waals surface area contributed by atoms with Crippen molar-refractivity contribution in [3.8, 4) is 0 Å². The summed E-state index contributed by atoms with van der Waals surface area (Å²) in [6.07, 6.45) is 4.02. The van der Waals surface area contributed by atoms with Gasteiger partial charge in [0.15, 0.2) is 0 Å². The monoisotopic (exact) mass is 660 g/mol. The highest BCUT2D eigenvalue weighted by Crippen LogP contribution is 2.35. The number of ether oxygens (including phenoxy) is 1. The Balaban J connectivity index is 0.00000461. The second kappa shape index (κ2) is 15.7. The van der Waals surface area contributed by atoms with Crippen LogP contribution in [-0.4, -0.2) is 90.2 Å². The van der Waals surface area contributed by atoms with Crippen molar-refractivity contribution in [2.75, 3.05) is 39.9 Å². The Morgan fingerprint density at radius 2 is 1.78 bits per heavy atom. The lowest BCUT2D eigenvalue weighted by Crippen LogP contribution is -2.75. The average Bonchev–Trinajstić information content (AvgIpc) is 3.05. The summed E-state index contributed by atoms with van der Waals surface area (Å²) in [5.41, 5.74) is 2.94. The Morgan fingerprint density at radius 1 is 1.11 bits per heavy atom. The number of likely N-dealkylation sites (tertiary alicyclic amines) is 1. The predicted octanol–water partition coefficient (Wildman–Crippen LogP) is 3.96. The molecule has 3 aliphatic rings. The number of aliphatic hydroxyl groups is 1. The molecule has 3 heterocycles. The van der Waals surface area contributed by atoms with Gasteiger partial charge < -0.3 is 25.4 Å². The van der Waals surface area contributed by atoms with Crippen LogP contribution in [0.15, 0.2) is 42.5 Å². The van der Waals surface area contributed by atoms with Crippen LogP contribution >= 0.6 is 24.0 Å². The molecule has 2 aromatic rings. The smallest absolute Gasteiger partial charge is 0.251 e. The summed E-state index contributed by atoms with van der Waals surface area (Å²) in [6, 6.07) is 12.9. The Labute approximate surface area is 277 Å². The second-order valence-electron chi connectivity index (χ2n) is 12.4. The molecule has 3 fully saturated rings. The number of piperazine rings is 1. The maximum atomic E-state index is 13.8. The SMILES string of the molecule is CCCCN1C(=O)[C@@H]([C@H](O)C2CCOCC2)NC(=O)C12CCN(Cc1ccc(Cc3ccc(C(=O)NC)cc3Cl)cc1)CC2.Cl. The minimum Gasteiger partial charge on any atom is -0.390 e. The van der Waals surface area contributed by atoms with Crippen molar-refractivity contribution < 1.29 is 24.2 Å². The first-order valence-electron chi connectivity index (χ1n) is 15.9. The normalized spacial score (nSPS) is 21.2. The zero-order chi connectivity index (χ0) is 31.3. The molecule has 246 valence electrons. The van der Waals surface area contributed by atoms with Gasteiger partial charge >= 0.3 is 0 Å². The van der Waals surface area contributed by atoms with Gasteiger partial charge in [-0.15, -0.1) is 12.4 Å². The van der Waals surface area contributed by atoms with Crippen molar-refractivity contribution in [1.82, 2.24) is 20.4 Å². The van der Waals surface area contributed by atoms with E-state index in [9.17, 15) is 19.5 Å². The number of carbonyl (C=O) groups is 3. The van der Waals surface area contributed by atoms with Gasteiger partial charge in [0.25, 0.3) is 5.91 Å². The molecule has 1 spiro atoms. The highest BCUT2D eigenvalue weighted by Gasteiger charge is 2.55. The van der Waals surface area contributed by atoms with Crippen molar-refractivity contribution in [3.63, 3.8) is 0 Å². The van der Waals surface area contributed by atoms with E-state index in [1.54, 1.807) is 24.1 Å². The number of amides is 3. The van der Waals surface area contributed by atoms with Crippen LogP contribution in [-0.2, 0) is 27.3 Å². The minimum absolute atomic E-state index is 0. The molecule has 0 aromatic heterocycles. The Hall–Kier alpha value is -2.69. The fraction of sp³-hybridized carbons (Fsp3) is 0.559. The molecule has 3 aliphatic heterocycles. The fourth-order valence-electron chi connectivity index (χ4n) is 6.84. The number of aliphatic hydroxyl groups excluding tert-OH is 1. The van der Waals surface area contributed by atoms with Crippen molar-refractivity contribution in [3.05, 3.63) is 69.7 Å². The number of halogens is 2. The molecule has 0 unspecified atom stereocenters. The van der Waals surface area contributed by atoms with E-state index in [0.717, 1.165) is 30.5 Å². The van der Waals surface area contributed by atoms with Crippen LogP contribution in [0.3, 0.4) is 0 Å². The standard InChI is InChI=1S/C34H45ClN4O5.ClH/c1-3-4-15-39-32(42)29(30(40)25-11-18-44-19-12-25)37-33(43)34(39)13-16-38(17-14-34)22-24-7-5-23(6-8-24)20-26-9-10-27(21-28(26)35)31(41)36-2;/h5-10,21,25,29-30,40H,3-4,11-20,22H2,1-2H3,(H,36,41)(H,37,43);1H/t29-,30-;/m1./s1. The van der Waals surface area contributed by atoms with Gasteiger partial charge in [-0.25, -0.2) is 0 Å². The molecule has 3 saturated heterocycles. The first-order valence-corrected chi connectivity index (χ1v) is 16.3. The third-order valence-electron chi connectivity index (χ3n) is 9.63. The van der Waals surface area contributed by atoms with Crippen molar-refractivity contribution in [2.24, 2.45) is 5.92 Å². The first kappa shape index (κ1) is 35.2. The second-order valence-corrected chi connectivity index (χ2v) is 12.8. The Kier molecular flexibility index (Phi) is 12.3. The van der Waals surface area contributed by atoms with E-state index in [4.69, 9.17) is 16.3 Å². The van der Waals surface area contributed by atoms with Gasteiger partial charge in [-0.3, -0.25) is 19.3 Å². The number of unbranched alkanes of at least 4 members (excludes halogenated alkanes) is 1.